The SMILES string of the molecule is COC(=O)c1c(C)c(=O)[nH]c2ccc(-c3ccc4c(CC(=O)Nc5ccc(OC)cc5)nn(C)c(=O)c4c3)cc12. The third-order valence-corrected chi connectivity index (χ3v) is 6.80. The zero-order valence-electron chi connectivity index (χ0n) is 22.3. The van der Waals surface area contributed by atoms with Crippen LogP contribution in [0.2, 0.25) is 0 Å². The summed E-state index contributed by atoms with van der Waals surface area (Å²) in [5, 5.41) is 8.67. The Bertz CT molecular complexity index is 1920. The van der Waals surface area contributed by atoms with Crippen LogP contribution in [-0.4, -0.2) is 40.9 Å². The molecule has 10 nitrogen and oxygen atoms in total. The van der Waals surface area contributed by atoms with Crippen molar-refractivity contribution in [3.8, 4) is 16.9 Å². The van der Waals surface area contributed by atoms with Crippen LogP contribution < -0.4 is 21.2 Å². The van der Waals surface area contributed by atoms with Crippen LogP contribution in [0.4, 0.5) is 5.69 Å². The summed E-state index contributed by atoms with van der Waals surface area (Å²) in [5.74, 6) is -0.214. The Hall–Kier alpha value is -5.25. The van der Waals surface area contributed by atoms with Gasteiger partial charge in [-0.3, -0.25) is 14.4 Å². The first-order valence-corrected chi connectivity index (χ1v) is 12.4. The Morgan fingerprint density at radius 2 is 1.60 bits per heavy atom. The van der Waals surface area contributed by atoms with E-state index in [1.807, 2.05) is 6.07 Å². The Balaban J connectivity index is 1.54. The fraction of sp³-hybridized carbons (Fsp3) is 0.167. The number of rotatable bonds is 6. The zero-order valence-corrected chi connectivity index (χ0v) is 22.3. The van der Waals surface area contributed by atoms with Gasteiger partial charge in [0.05, 0.1) is 37.3 Å². The van der Waals surface area contributed by atoms with E-state index in [9.17, 15) is 19.2 Å². The molecule has 0 saturated heterocycles. The number of esters is 1. The lowest BCUT2D eigenvalue weighted by molar-refractivity contribution is -0.115. The number of nitrogens with one attached hydrogen (secondary N) is 2. The molecule has 0 saturated carbocycles. The minimum atomic E-state index is -0.609. The van der Waals surface area contributed by atoms with Gasteiger partial charge in [-0.15, -0.1) is 0 Å². The van der Waals surface area contributed by atoms with E-state index in [0.717, 1.165) is 5.56 Å². The van der Waals surface area contributed by atoms with E-state index >= 15 is 0 Å². The number of ether oxygens (including phenoxy) is 2. The summed E-state index contributed by atoms with van der Waals surface area (Å²) < 4.78 is 11.3. The van der Waals surface area contributed by atoms with Crippen molar-refractivity contribution in [2.45, 2.75) is 13.3 Å². The van der Waals surface area contributed by atoms with Crippen molar-refractivity contribution >= 4 is 39.2 Å². The van der Waals surface area contributed by atoms with Gasteiger partial charge in [0.1, 0.15) is 5.75 Å². The molecule has 0 spiro atoms. The number of aromatic nitrogens is 3. The second-order valence-corrected chi connectivity index (χ2v) is 9.30. The van der Waals surface area contributed by atoms with Gasteiger partial charge >= 0.3 is 5.97 Å². The Morgan fingerprint density at radius 1 is 0.925 bits per heavy atom. The smallest absolute Gasteiger partial charge is 0.339 e. The van der Waals surface area contributed by atoms with Gasteiger partial charge in [0, 0.05) is 34.6 Å². The predicted octanol–water partition coefficient (Wildman–Crippen LogP) is 3.73. The number of carbonyl (C=O) groups is 2. The van der Waals surface area contributed by atoms with Crippen LogP contribution in [0.1, 0.15) is 21.6 Å². The molecular weight excluding hydrogens is 512 g/mol. The molecule has 10 heteroatoms. The molecule has 0 aliphatic rings. The number of methoxy groups -OCH3 is 2. The number of anilines is 1. The highest BCUT2D eigenvalue weighted by atomic mass is 16.5. The maximum atomic E-state index is 13.1. The molecule has 0 bridgehead atoms. The third kappa shape index (κ3) is 4.82. The van der Waals surface area contributed by atoms with Gasteiger partial charge in [-0.2, -0.15) is 5.10 Å². The van der Waals surface area contributed by atoms with E-state index in [2.05, 4.69) is 15.4 Å². The molecule has 0 aliphatic heterocycles. The van der Waals surface area contributed by atoms with Gasteiger partial charge in [0.2, 0.25) is 5.91 Å². The number of H-pyrrole nitrogens is 1. The topological polar surface area (TPSA) is 132 Å². The summed E-state index contributed by atoms with van der Waals surface area (Å²) in [7, 11) is 4.37. The van der Waals surface area contributed by atoms with Crippen molar-refractivity contribution in [3.63, 3.8) is 0 Å². The number of aromatic amines is 1. The van der Waals surface area contributed by atoms with Gasteiger partial charge in [-0.25, -0.2) is 9.48 Å². The van der Waals surface area contributed by atoms with E-state index in [0.29, 0.717) is 44.4 Å². The van der Waals surface area contributed by atoms with E-state index in [-0.39, 0.29) is 34.6 Å². The Kier molecular flexibility index (Phi) is 6.91. The monoisotopic (exact) mass is 538 g/mol. The van der Waals surface area contributed by atoms with E-state index < -0.39 is 5.97 Å². The summed E-state index contributed by atoms with van der Waals surface area (Å²) in [6.45, 7) is 1.57. The van der Waals surface area contributed by atoms with Crippen molar-refractivity contribution in [1.82, 2.24) is 14.8 Å². The largest absolute Gasteiger partial charge is 0.497 e. The quantitative estimate of drug-likeness (QED) is 0.315. The number of benzene rings is 3. The lowest BCUT2D eigenvalue weighted by Gasteiger charge is -2.12. The Labute approximate surface area is 228 Å². The minimum absolute atomic E-state index is 0.0406. The van der Waals surface area contributed by atoms with Gasteiger partial charge < -0.3 is 19.8 Å². The molecule has 5 aromatic rings. The number of hydrogen-bond acceptors (Lipinski definition) is 7. The predicted molar refractivity (Wildman–Crippen MR) is 152 cm³/mol. The molecule has 2 aromatic heterocycles. The first-order chi connectivity index (χ1) is 19.2. The van der Waals surface area contributed by atoms with E-state index in [4.69, 9.17) is 9.47 Å². The standard InChI is InChI=1S/C30H26N4O6/c1-16-27(30(38)40-4)23-14-18(6-12-24(23)32-28(16)36)17-5-11-21-22(13-17)29(37)34(2)33-25(21)15-26(35)31-19-7-9-20(39-3)10-8-19/h5-14H,15H2,1-4H3,(H,31,35)(H,32,36). The molecule has 5 rings (SSSR count). The summed E-state index contributed by atoms with van der Waals surface area (Å²) in [6, 6.07) is 17.6. The van der Waals surface area contributed by atoms with Crippen LogP contribution >= 0.6 is 0 Å². The van der Waals surface area contributed by atoms with Crippen molar-refractivity contribution < 1.29 is 19.1 Å². The molecule has 202 valence electrons. The number of carbonyl (C=O) groups excluding carboxylic acids is 2. The molecule has 1 amide bonds. The minimum Gasteiger partial charge on any atom is -0.497 e. The lowest BCUT2D eigenvalue weighted by atomic mass is 9.97. The average Bonchev–Trinajstić information content (AvgIpc) is 2.96. The third-order valence-electron chi connectivity index (χ3n) is 6.80. The first kappa shape index (κ1) is 26.4. The summed E-state index contributed by atoms with van der Waals surface area (Å²) in [5.41, 5.74) is 2.76. The van der Waals surface area contributed by atoms with Crippen LogP contribution in [0, 0.1) is 6.92 Å². The molecule has 0 radical (unpaired) electrons. The highest BCUT2D eigenvalue weighted by molar-refractivity contribution is 6.06. The molecule has 2 N–H and O–H groups in total. The lowest BCUT2D eigenvalue weighted by Crippen LogP contribution is -2.24. The van der Waals surface area contributed by atoms with Crippen LogP contribution in [0.5, 0.6) is 5.75 Å². The molecule has 0 aliphatic carbocycles. The summed E-state index contributed by atoms with van der Waals surface area (Å²) in [6.07, 6.45) is -0.0406. The van der Waals surface area contributed by atoms with Crippen LogP contribution in [0.3, 0.4) is 0 Å². The summed E-state index contributed by atoms with van der Waals surface area (Å²) in [4.78, 5) is 53.5. The van der Waals surface area contributed by atoms with Crippen LogP contribution in [0.25, 0.3) is 32.8 Å². The maximum Gasteiger partial charge on any atom is 0.339 e. The van der Waals surface area contributed by atoms with Crippen molar-refractivity contribution in [1.29, 1.82) is 0 Å². The van der Waals surface area contributed by atoms with Crippen molar-refractivity contribution in [2.24, 2.45) is 7.05 Å². The normalized spacial score (nSPS) is 11.0. The second-order valence-electron chi connectivity index (χ2n) is 9.30. The maximum absolute atomic E-state index is 13.1. The molecule has 2 heterocycles. The van der Waals surface area contributed by atoms with Gasteiger partial charge in [-0.1, -0.05) is 18.2 Å². The van der Waals surface area contributed by atoms with Crippen LogP contribution in [-0.2, 0) is 23.0 Å². The molecule has 0 unspecified atom stereocenters. The van der Waals surface area contributed by atoms with Gasteiger partial charge in [0.15, 0.2) is 0 Å². The number of amides is 1. The fourth-order valence-electron chi connectivity index (χ4n) is 4.71. The number of nitrogens with zero attached hydrogens (tertiary/aromatic N) is 2. The van der Waals surface area contributed by atoms with Crippen molar-refractivity contribution in [2.75, 3.05) is 19.5 Å². The number of hydrogen-bond donors (Lipinski definition) is 2. The molecular formula is C30H26N4O6. The zero-order chi connectivity index (χ0) is 28.6. The van der Waals surface area contributed by atoms with E-state index in [1.54, 1.807) is 68.6 Å². The van der Waals surface area contributed by atoms with Gasteiger partial charge in [0.25, 0.3) is 11.1 Å². The molecule has 0 atom stereocenters. The second kappa shape index (κ2) is 10.5. The van der Waals surface area contributed by atoms with E-state index in [1.165, 1.54) is 18.8 Å². The Morgan fingerprint density at radius 3 is 2.27 bits per heavy atom. The number of aryl methyl sites for hydroxylation is 1. The van der Waals surface area contributed by atoms with Crippen molar-refractivity contribution in [3.05, 3.63) is 98.2 Å². The molecule has 0 fully saturated rings. The number of pyridine rings is 1. The van der Waals surface area contributed by atoms with Gasteiger partial charge in [-0.05, 0) is 60.5 Å². The number of fused-ring (bicyclic) bond motifs is 2. The first-order valence-electron chi connectivity index (χ1n) is 12.4. The summed E-state index contributed by atoms with van der Waals surface area (Å²) >= 11 is 0. The fourth-order valence-corrected chi connectivity index (χ4v) is 4.71. The highest BCUT2D eigenvalue weighted by Crippen LogP contribution is 2.29. The molecule has 40 heavy (non-hydrogen) atoms. The average molecular weight is 539 g/mol. The molecule has 3 aromatic carbocycles. The highest BCUT2D eigenvalue weighted by Gasteiger charge is 2.18. The van der Waals surface area contributed by atoms with Crippen LogP contribution in [0.15, 0.2) is 70.3 Å².